The molecule has 0 saturated heterocycles. The second-order valence-electron chi connectivity index (χ2n) is 9.53. The van der Waals surface area contributed by atoms with Crippen molar-refractivity contribution < 1.29 is 19.1 Å². The molecule has 4 nitrogen and oxygen atoms in total. The lowest BCUT2D eigenvalue weighted by Crippen LogP contribution is -2.33. The van der Waals surface area contributed by atoms with E-state index in [1.807, 2.05) is 52.8 Å². The van der Waals surface area contributed by atoms with Gasteiger partial charge in [0, 0.05) is 6.42 Å². The van der Waals surface area contributed by atoms with Crippen molar-refractivity contribution in [2.45, 2.75) is 65.9 Å². The van der Waals surface area contributed by atoms with Crippen LogP contribution in [0.15, 0.2) is 54.6 Å². The van der Waals surface area contributed by atoms with Crippen molar-refractivity contribution in [1.29, 1.82) is 0 Å². The quantitative estimate of drug-likeness (QED) is 0.448. The zero-order valence-corrected chi connectivity index (χ0v) is 19.7. The van der Waals surface area contributed by atoms with E-state index in [2.05, 4.69) is 36.4 Å². The van der Waals surface area contributed by atoms with Crippen LogP contribution in [0.25, 0.3) is 11.1 Å². The first kappa shape index (κ1) is 24.6. The molecule has 0 aromatic heterocycles. The highest BCUT2D eigenvalue weighted by Gasteiger charge is 2.36. The highest BCUT2D eigenvalue weighted by molar-refractivity contribution is 5.76. The van der Waals surface area contributed by atoms with Crippen molar-refractivity contribution in [3.05, 3.63) is 60.2 Å². The minimum absolute atomic E-state index is 0.0264. The second kappa shape index (κ2) is 10.6. The van der Waals surface area contributed by atoms with Crippen molar-refractivity contribution in [3.63, 3.8) is 0 Å². The van der Waals surface area contributed by atoms with Gasteiger partial charge < -0.3 is 9.47 Å². The zero-order chi connectivity index (χ0) is 23.1. The third-order valence-corrected chi connectivity index (χ3v) is 5.66. The Labute approximate surface area is 187 Å². The van der Waals surface area contributed by atoms with Crippen LogP contribution in [0.4, 0.5) is 0 Å². The Bertz CT molecular complexity index is 849. The number of hydrogen-bond donors (Lipinski definition) is 0. The van der Waals surface area contributed by atoms with Gasteiger partial charge in [0.15, 0.2) is 0 Å². The van der Waals surface area contributed by atoms with Gasteiger partial charge in [-0.3, -0.25) is 9.59 Å². The van der Waals surface area contributed by atoms with E-state index in [1.54, 1.807) is 0 Å². The topological polar surface area (TPSA) is 52.6 Å². The molecular formula is C27H36O4. The van der Waals surface area contributed by atoms with Crippen molar-refractivity contribution in [2.75, 3.05) is 7.11 Å². The molecule has 0 fully saturated rings. The van der Waals surface area contributed by atoms with Crippen LogP contribution in [-0.4, -0.2) is 24.6 Å². The first-order chi connectivity index (χ1) is 14.6. The molecule has 2 rings (SSSR count). The summed E-state index contributed by atoms with van der Waals surface area (Å²) in [7, 11) is 1.42. The molecule has 2 aromatic rings. The molecule has 0 unspecified atom stereocenters. The minimum Gasteiger partial charge on any atom is -0.469 e. The van der Waals surface area contributed by atoms with E-state index in [-0.39, 0.29) is 24.3 Å². The molecule has 168 valence electrons. The molecule has 31 heavy (non-hydrogen) atoms. The van der Waals surface area contributed by atoms with E-state index in [0.717, 1.165) is 11.1 Å². The van der Waals surface area contributed by atoms with Crippen molar-refractivity contribution >= 4 is 11.9 Å². The highest BCUT2D eigenvalue weighted by atomic mass is 16.6. The number of esters is 2. The average molecular weight is 425 g/mol. The van der Waals surface area contributed by atoms with E-state index < -0.39 is 11.0 Å². The molecule has 0 aliphatic rings. The fraction of sp³-hybridized carbons (Fsp3) is 0.481. The Morgan fingerprint density at radius 3 is 2.00 bits per heavy atom. The molecule has 0 radical (unpaired) electrons. The molecule has 2 atom stereocenters. The van der Waals surface area contributed by atoms with E-state index in [9.17, 15) is 9.59 Å². The van der Waals surface area contributed by atoms with Crippen LogP contribution >= 0.6 is 0 Å². The Hall–Kier alpha value is -2.62. The van der Waals surface area contributed by atoms with Crippen LogP contribution in [-0.2, 0) is 25.5 Å². The van der Waals surface area contributed by atoms with Gasteiger partial charge in [-0.1, -0.05) is 61.5 Å². The molecular weight excluding hydrogens is 388 g/mol. The molecule has 0 heterocycles. The summed E-state index contributed by atoms with van der Waals surface area (Å²) in [5, 5.41) is 0. The van der Waals surface area contributed by atoms with Gasteiger partial charge in [0.1, 0.15) is 5.60 Å². The standard InChI is InChI=1S/C27H36O4/c1-7-27(5,25(29)30-6)19-21(18-24(28)31-26(2,3)4)17-20-13-15-23(16-14-20)22-11-9-8-10-12-22/h8-16,21H,7,17-19H2,1-6H3/t21-,27+/m0/s1. The SMILES string of the molecule is CC[C@](C)(C[C@H](CC(=O)OC(C)(C)C)Cc1ccc(-c2ccccc2)cc1)C(=O)OC. The number of carbonyl (C=O) groups excluding carboxylic acids is 2. The maximum atomic E-state index is 12.6. The fourth-order valence-electron chi connectivity index (χ4n) is 3.89. The highest BCUT2D eigenvalue weighted by Crippen LogP contribution is 2.35. The van der Waals surface area contributed by atoms with Crippen LogP contribution in [0.2, 0.25) is 0 Å². The van der Waals surface area contributed by atoms with E-state index in [0.29, 0.717) is 19.3 Å². The molecule has 4 heteroatoms. The monoisotopic (exact) mass is 424 g/mol. The second-order valence-corrected chi connectivity index (χ2v) is 9.53. The normalized spacial score (nSPS) is 14.4. The number of ether oxygens (including phenoxy) is 2. The number of hydrogen-bond acceptors (Lipinski definition) is 4. The summed E-state index contributed by atoms with van der Waals surface area (Å²) in [6.07, 6.45) is 2.18. The first-order valence-corrected chi connectivity index (χ1v) is 11.0. The molecule has 0 saturated carbocycles. The molecule has 0 spiro atoms. The summed E-state index contributed by atoms with van der Waals surface area (Å²) in [6, 6.07) is 18.6. The van der Waals surface area contributed by atoms with Gasteiger partial charge in [0.05, 0.1) is 12.5 Å². The summed E-state index contributed by atoms with van der Waals surface area (Å²) in [5.74, 6) is -0.494. The van der Waals surface area contributed by atoms with Crippen LogP contribution in [0.3, 0.4) is 0 Å². The minimum atomic E-state index is -0.634. The van der Waals surface area contributed by atoms with Crippen LogP contribution in [0, 0.1) is 11.3 Å². The van der Waals surface area contributed by atoms with Gasteiger partial charge in [-0.05, 0) is 69.6 Å². The maximum absolute atomic E-state index is 12.6. The number of methoxy groups -OCH3 is 1. The lowest BCUT2D eigenvalue weighted by Gasteiger charge is -2.30. The molecule has 2 aromatic carbocycles. The Balaban J connectivity index is 2.21. The van der Waals surface area contributed by atoms with Crippen LogP contribution < -0.4 is 0 Å². The fourth-order valence-corrected chi connectivity index (χ4v) is 3.89. The lowest BCUT2D eigenvalue weighted by atomic mass is 9.76. The van der Waals surface area contributed by atoms with Crippen LogP contribution in [0.1, 0.15) is 59.4 Å². The summed E-state index contributed by atoms with van der Waals surface area (Å²) in [5.41, 5.74) is 2.29. The van der Waals surface area contributed by atoms with Gasteiger partial charge in [-0.15, -0.1) is 0 Å². The van der Waals surface area contributed by atoms with Gasteiger partial charge in [0.25, 0.3) is 0 Å². The largest absolute Gasteiger partial charge is 0.469 e. The number of benzene rings is 2. The van der Waals surface area contributed by atoms with Gasteiger partial charge >= 0.3 is 11.9 Å². The van der Waals surface area contributed by atoms with Crippen LogP contribution in [0.5, 0.6) is 0 Å². The number of carbonyl (C=O) groups is 2. The molecule has 0 bridgehead atoms. The van der Waals surface area contributed by atoms with Crippen molar-refractivity contribution in [2.24, 2.45) is 11.3 Å². The summed E-state index contributed by atoms with van der Waals surface area (Å²) < 4.78 is 10.6. The van der Waals surface area contributed by atoms with Crippen molar-refractivity contribution in [1.82, 2.24) is 0 Å². The Kier molecular flexibility index (Phi) is 8.43. The predicted octanol–water partition coefficient (Wildman–Crippen LogP) is 6.22. The first-order valence-electron chi connectivity index (χ1n) is 11.0. The van der Waals surface area contributed by atoms with Gasteiger partial charge in [-0.25, -0.2) is 0 Å². The molecule has 0 aliphatic heterocycles. The third kappa shape index (κ3) is 7.54. The molecule has 0 amide bonds. The number of rotatable bonds is 9. The summed E-state index contributed by atoms with van der Waals surface area (Å²) in [4.78, 5) is 25.0. The zero-order valence-electron chi connectivity index (χ0n) is 19.7. The summed E-state index contributed by atoms with van der Waals surface area (Å²) >= 11 is 0. The smallest absolute Gasteiger partial charge is 0.311 e. The van der Waals surface area contributed by atoms with Crippen molar-refractivity contribution in [3.8, 4) is 11.1 Å². The van der Waals surface area contributed by atoms with E-state index >= 15 is 0 Å². The van der Waals surface area contributed by atoms with E-state index in [1.165, 1.54) is 12.7 Å². The third-order valence-electron chi connectivity index (χ3n) is 5.66. The molecule has 0 aliphatic carbocycles. The van der Waals surface area contributed by atoms with Gasteiger partial charge in [-0.2, -0.15) is 0 Å². The Morgan fingerprint density at radius 2 is 1.48 bits per heavy atom. The maximum Gasteiger partial charge on any atom is 0.311 e. The lowest BCUT2D eigenvalue weighted by molar-refractivity contribution is -0.158. The average Bonchev–Trinajstić information content (AvgIpc) is 2.72. The van der Waals surface area contributed by atoms with E-state index in [4.69, 9.17) is 9.47 Å². The Morgan fingerprint density at radius 1 is 0.903 bits per heavy atom. The summed E-state index contributed by atoms with van der Waals surface area (Å²) in [6.45, 7) is 9.50. The molecule has 0 N–H and O–H groups in total. The predicted molar refractivity (Wildman–Crippen MR) is 125 cm³/mol. The van der Waals surface area contributed by atoms with Gasteiger partial charge in [0.2, 0.25) is 0 Å².